The summed E-state index contributed by atoms with van der Waals surface area (Å²) >= 11 is 0. The summed E-state index contributed by atoms with van der Waals surface area (Å²) in [7, 11) is -3.93. The van der Waals surface area contributed by atoms with Crippen molar-refractivity contribution >= 4 is 15.7 Å². The Morgan fingerprint density at radius 1 is 0.929 bits per heavy atom. The van der Waals surface area contributed by atoms with Crippen molar-refractivity contribution in [3.05, 3.63) is 53.4 Å². The zero-order chi connectivity index (χ0) is 21.4. The standard InChI is InChI=1S/C16H14F5NO5S/c1-3-16(23,24)22(15-13(20)11(18)10(17)12(19)14(15)21)28(25,26)9-6-4-8(27-2)5-7-9/h4-7,23-24H,3H2,1-2H3. The van der Waals surface area contributed by atoms with E-state index in [1.165, 1.54) is 7.11 Å². The molecule has 2 aromatic rings. The Balaban J connectivity index is 2.85. The fourth-order valence-electron chi connectivity index (χ4n) is 2.26. The molecule has 2 aromatic carbocycles. The van der Waals surface area contributed by atoms with E-state index in [0.29, 0.717) is 0 Å². The Bertz CT molecular complexity index is 966. The number of hydrogen-bond acceptors (Lipinski definition) is 5. The second-order valence-corrected chi connectivity index (χ2v) is 7.28. The molecule has 0 heterocycles. The average molecular weight is 427 g/mol. The lowest BCUT2D eigenvalue weighted by molar-refractivity contribution is -0.151. The van der Waals surface area contributed by atoms with Gasteiger partial charge in [-0.1, -0.05) is 6.92 Å². The highest BCUT2D eigenvalue weighted by atomic mass is 32.2. The van der Waals surface area contributed by atoms with Gasteiger partial charge in [0.05, 0.1) is 12.0 Å². The van der Waals surface area contributed by atoms with E-state index in [1.807, 2.05) is 0 Å². The van der Waals surface area contributed by atoms with E-state index in [2.05, 4.69) is 0 Å². The Labute approximate surface area is 156 Å². The first-order chi connectivity index (χ1) is 12.9. The van der Waals surface area contributed by atoms with Crippen molar-refractivity contribution in [3.63, 3.8) is 0 Å². The van der Waals surface area contributed by atoms with Crippen LogP contribution in [0.15, 0.2) is 29.2 Å². The van der Waals surface area contributed by atoms with Crippen molar-refractivity contribution in [3.8, 4) is 5.75 Å². The number of methoxy groups -OCH3 is 1. The summed E-state index contributed by atoms with van der Waals surface area (Å²) in [5, 5.41) is 20.1. The third-order valence-electron chi connectivity index (χ3n) is 3.79. The van der Waals surface area contributed by atoms with E-state index < -0.39 is 66.3 Å². The maximum atomic E-state index is 14.2. The summed E-state index contributed by atoms with van der Waals surface area (Å²) in [6.07, 6.45) is -0.873. The Morgan fingerprint density at radius 3 is 1.75 bits per heavy atom. The number of sulfonamides is 1. The molecule has 0 aliphatic rings. The Hall–Kier alpha value is -2.44. The molecule has 28 heavy (non-hydrogen) atoms. The van der Waals surface area contributed by atoms with Gasteiger partial charge < -0.3 is 14.9 Å². The summed E-state index contributed by atoms with van der Waals surface area (Å²) in [6.45, 7) is 1.02. The number of anilines is 1. The minimum absolute atomic E-state index is 0.191. The van der Waals surface area contributed by atoms with Crippen LogP contribution in [0.4, 0.5) is 27.6 Å². The summed E-state index contributed by atoms with van der Waals surface area (Å²) in [4.78, 5) is -0.724. The molecule has 0 radical (unpaired) electrons. The van der Waals surface area contributed by atoms with Crippen LogP contribution in [0.25, 0.3) is 0 Å². The number of halogens is 5. The van der Waals surface area contributed by atoms with Crippen LogP contribution in [0.2, 0.25) is 0 Å². The molecule has 0 saturated carbocycles. The Morgan fingerprint density at radius 2 is 1.36 bits per heavy atom. The topological polar surface area (TPSA) is 87.1 Å². The lowest BCUT2D eigenvalue weighted by Crippen LogP contribution is -2.52. The molecular weight excluding hydrogens is 413 g/mol. The van der Waals surface area contributed by atoms with Crippen LogP contribution in [0, 0.1) is 29.1 Å². The van der Waals surface area contributed by atoms with Gasteiger partial charge in [0.15, 0.2) is 23.3 Å². The molecule has 0 aromatic heterocycles. The first-order valence-corrected chi connectivity index (χ1v) is 8.99. The van der Waals surface area contributed by atoms with Crippen molar-refractivity contribution in [2.75, 3.05) is 11.4 Å². The van der Waals surface area contributed by atoms with Gasteiger partial charge in [0, 0.05) is 6.42 Å². The minimum atomic E-state index is -5.20. The van der Waals surface area contributed by atoms with Gasteiger partial charge in [0.1, 0.15) is 11.4 Å². The zero-order valence-corrected chi connectivity index (χ0v) is 15.2. The molecule has 0 bridgehead atoms. The van der Waals surface area contributed by atoms with Crippen LogP contribution in [0.1, 0.15) is 13.3 Å². The van der Waals surface area contributed by atoms with Crippen LogP contribution in [-0.4, -0.2) is 31.7 Å². The summed E-state index contributed by atoms with van der Waals surface area (Å²) in [5.41, 5.74) is -2.03. The molecule has 0 atom stereocenters. The van der Waals surface area contributed by atoms with Crippen LogP contribution < -0.4 is 9.04 Å². The lowest BCUT2D eigenvalue weighted by Gasteiger charge is -2.35. The van der Waals surface area contributed by atoms with Crippen LogP contribution >= 0.6 is 0 Å². The molecule has 0 aliphatic heterocycles. The van der Waals surface area contributed by atoms with Gasteiger partial charge >= 0.3 is 0 Å². The first kappa shape index (κ1) is 21.9. The van der Waals surface area contributed by atoms with Crippen LogP contribution in [0.3, 0.4) is 0 Å². The number of rotatable bonds is 6. The molecule has 154 valence electrons. The predicted octanol–water partition coefficient (Wildman–Crippen LogP) is 2.63. The van der Waals surface area contributed by atoms with Gasteiger partial charge in [-0.2, -0.15) is 0 Å². The fourth-order valence-corrected chi connectivity index (χ4v) is 3.87. The van der Waals surface area contributed by atoms with Gasteiger partial charge in [0.25, 0.3) is 15.9 Å². The maximum absolute atomic E-state index is 14.2. The third kappa shape index (κ3) is 3.50. The Kier molecular flexibility index (Phi) is 5.87. The van der Waals surface area contributed by atoms with E-state index in [4.69, 9.17) is 4.74 Å². The number of hydrogen-bond donors (Lipinski definition) is 2. The highest BCUT2D eigenvalue weighted by molar-refractivity contribution is 7.92. The van der Waals surface area contributed by atoms with Gasteiger partial charge in [-0.25, -0.2) is 34.7 Å². The molecule has 0 fully saturated rings. The van der Waals surface area contributed by atoms with Crippen molar-refractivity contribution in [1.82, 2.24) is 0 Å². The van der Waals surface area contributed by atoms with E-state index in [9.17, 15) is 40.6 Å². The molecule has 0 unspecified atom stereocenters. The van der Waals surface area contributed by atoms with Gasteiger partial charge in [-0.3, -0.25) is 0 Å². The summed E-state index contributed by atoms with van der Waals surface area (Å²) < 4.78 is 98.8. The van der Waals surface area contributed by atoms with Crippen molar-refractivity contribution in [2.24, 2.45) is 0 Å². The first-order valence-electron chi connectivity index (χ1n) is 7.55. The average Bonchev–Trinajstić information content (AvgIpc) is 2.67. The quantitative estimate of drug-likeness (QED) is 0.320. The molecular formula is C16H14F5NO5S. The smallest absolute Gasteiger partial charge is 0.268 e. The van der Waals surface area contributed by atoms with Crippen molar-refractivity contribution in [2.45, 2.75) is 24.2 Å². The van der Waals surface area contributed by atoms with Gasteiger partial charge in [0.2, 0.25) is 5.82 Å². The van der Waals surface area contributed by atoms with Crippen LogP contribution in [0.5, 0.6) is 5.75 Å². The van der Waals surface area contributed by atoms with Crippen LogP contribution in [-0.2, 0) is 10.0 Å². The largest absolute Gasteiger partial charge is 0.497 e. The zero-order valence-electron chi connectivity index (χ0n) is 14.4. The normalized spacial score (nSPS) is 12.2. The monoisotopic (exact) mass is 427 g/mol. The number of nitrogens with zero attached hydrogens (tertiary/aromatic N) is 1. The molecule has 2 N–H and O–H groups in total. The molecule has 2 rings (SSSR count). The van der Waals surface area contributed by atoms with E-state index in [0.717, 1.165) is 31.2 Å². The summed E-state index contributed by atoms with van der Waals surface area (Å²) in [6, 6.07) is 4.04. The molecule has 0 amide bonds. The predicted molar refractivity (Wildman–Crippen MR) is 86.4 cm³/mol. The van der Waals surface area contributed by atoms with Gasteiger partial charge in [-0.15, -0.1) is 0 Å². The minimum Gasteiger partial charge on any atom is -0.497 e. The van der Waals surface area contributed by atoms with E-state index in [-0.39, 0.29) is 5.75 Å². The highest BCUT2D eigenvalue weighted by Gasteiger charge is 2.45. The van der Waals surface area contributed by atoms with Crippen molar-refractivity contribution in [1.29, 1.82) is 0 Å². The number of ether oxygens (including phenoxy) is 1. The maximum Gasteiger partial charge on any atom is 0.268 e. The molecule has 0 aliphatic carbocycles. The van der Waals surface area contributed by atoms with Crippen molar-refractivity contribution < 1.29 is 45.3 Å². The third-order valence-corrected chi connectivity index (χ3v) is 5.61. The van der Waals surface area contributed by atoms with Gasteiger partial charge in [-0.05, 0) is 24.3 Å². The molecule has 0 spiro atoms. The number of benzene rings is 2. The fraction of sp³-hybridized carbons (Fsp3) is 0.250. The SMILES string of the molecule is CCC(O)(O)N(c1c(F)c(F)c(F)c(F)c1F)S(=O)(=O)c1ccc(OC)cc1. The second kappa shape index (κ2) is 7.53. The van der Waals surface area contributed by atoms with E-state index in [1.54, 1.807) is 0 Å². The molecule has 6 nitrogen and oxygen atoms in total. The molecule has 12 heteroatoms. The number of aliphatic hydroxyl groups is 2. The summed E-state index contributed by atoms with van der Waals surface area (Å²) in [5.74, 6) is -15.8. The molecule has 0 saturated heterocycles. The lowest BCUT2D eigenvalue weighted by atomic mass is 10.2. The second-order valence-electron chi connectivity index (χ2n) is 5.49. The van der Waals surface area contributed by atoms with E-state index >= 15 is 0 Å². The highest BCUT2D eigenvalue weighted by Crippen LogP contribution is 2.38.